The van der Waals surface area contributed by atoms with E-state index in [9.17, 15) is 14.0 Å². The van der Waals surface area contributed by atoms with E-state index in [0.717, 1.165) is 5.56 Å². The van der Waals surface area contributed by atoms with E-state index in [1.54, 1.807) is 24.3 Å². The van der Waals surface area contributed by atoms with E-state index in [-0.39, 0.29) is 22.5 Å². The topological polar surface area (TPSA) is 66.1 Å². The molecule has 0 aromatic heterocycles. The predicted octanol–water partition coefficient (Wildman–Crippen LogP) is 3.36. The third kappa shape index (κ3) is 2.87. The monoisotopic (exact) mass is 377 g/mol. The van der Waals surface area contributed by atoms with Crippen molar-refractivity contribution < 1.29 is 13.9 Å². The fourth-order valence-electron chi connectivity index (χ4n) is 3.10. The van der Waals surface area contributed by atoms with Crippen LogP contribution < -0.4 is 5.56 Å². The molecule has 0 atom stereocenters. The van der Waals surface area contributed by atoms with E-state index in [0.29, 0.717) is 5.69 Å². The van der Waals surface area contributed by atoms with Gasteiger partial charge in [-0.25, -0.2) is 9.18 Å². The molecule has 0 fully saturated rings. The number of methoxy groups -OCH3 is 1. The van der Waals surface area contributed by atoms with Gasteiger partial charge in [-0.1, -0.05) is 24.3 Å². The SMILES string of the molecule is COC(=O)c1cn(-c2ccccc2F)cc2c(=O)n(-c3cccc(C)c3)nc1-2. The zero-order chi connectivity index (χ0) is 19.8. The Morgan fingerprint density at radius 1 is 1.11 bits per heavy atom. The molecule has 7 heteroatoms. The van der Waals surface area contributed by atoms with Crippen LogP contribution in [0.4, 0.5) is 4.39 Å². The molecule has 2 aromatic rings. The van der Waals surface area contributed by atoms with E-state index in [1.165, 1.54) is 34.8 Å². The van der Waals surface area contributed by atoms with Gasteiger partial charge in [-0.15, -0.1) is 0 Å². The zero-order valence-corrected chi connectivity index (χ0v) is 15.2. The van der Waals surface area contributed by atoms with E-state index in [2.05, 4.69) is 5.10 Å². The summed E-state index contributed by atoms with van der Waals surface area (Å²) in [5.74, 6) is -1.15. The minimum absolute atomic E-state index is 0.0757. The number of aryl methyl sites for hydroxylation is 1. The lowest BCUT2D eigenvalue weighted by Crippen LogP contribution is -2.15. The lowest BCUT2D eigenvalue weighted by Gasteiger charge is -2.12. The zero-order valence-electron chi connectivity index (χ0n) is 15.2. The number of hydrogen-bond acceptors (Lipinski definition) is 4. The summed E-state index contributed by atoms with van der Waals surface area (Å²) in [5, 5.41) is 4.35. The summed E-state index contributed by atoms with van der Waals surface area (Å²) in [7, 11) is 1.24. The van der Waals surface area contributed by atoms with Gasteiger partial charge in [-0.2, -0.15) is 9.78 Å². The summed E-state index contributed by atoms with van der Waals surface area (Å²) in [6.07, 6.45) is 2.89. The van der Waals surface area contributed by atoms with Crippen LogP contribution in [0.2, 0.25) is 0 Å². The van der Waals surface area contributed by atoms with Crippen molar-refractivity contribution in [2.45, 2.75) is 6.92 Å². The highest BCUT2D eigenvalue weighted by Crippen LogP contribution is 2.25. The van der Waals surface area contributed by atoms with Crippen LogP contribution in [0.1, 0.15) is 15.9 Å². The maximum absolute atomic E-state index is 14.3. The smallest absolute Gasteiger partial charge is 0.341 e. The second-order valence-electron chi connectivity index (χ2n) is 6.34. The fraction of sp³-hybridized carbons (Fsp3) is 0.0952. The molecule has 2 aliphatic rings. The van der Waals surface area contributed by atoms with Gasteiger partial charge in [0.15, 0.2) is 0 Å². The lowest BCUT2D eigenvalue weighted by atomic mass is 10.1. The van der Waals surface area contributed by atoms with Crippen molar-refractivity contribution in [3.8, 4) is 22.6 Å². The maximum Gasteiger partial charge on any atom is 0.341 e. The van der Waals surface area contributed by atoms with Crippen molar-refractivity contribution in [1.29, 1.82) is 0 Å². The van der Waals surface area contributed by atoms with Gasteiger partial charge in [0.1, 0.15) is 17.1 Å². The number of rotatable bonds is 3. The van der Waals surface area contributed by atoms with Crippen molar-refractivity contribution in [1.82, 2.24) is 14.3 Å². The molecule has 140 valence electrons. The number of ether oxygens (including phenoxy) is 1. The van der Waals surface area contributed by atoms with Crippen molar-refractivity contribution in [3.63, 3.8) is 0 Å². The number of pyridine rings is 1. The normalized spacial score (nSPS) is 11.0. The number of esters is 1. The number of carbonyl (C=O) groups is 1. The molecule has 0 saturated heterocycles. The number of para-hydroxylation sites is 1. The molecule has 4 rings (SSSR count). The van der Waals surface area contributed by atoms with Gasteiger partial charge in [-0.05, 0) is 36.8 Å². The predicted molar refractivity (Wildman–Crippen MR) is 102 cm³/mol. The van der Waals surface area contributed by atoms with Gasteiger partial charge in [0, 0.05) is 12.4 Å². The average Bonchev–Trinajstić information content (AvgIpc) is 3.04. The van der Waals surface area contributed by atoms with Gasteiger partial charge in [0.25, 0.3) is 5.56 Å². The van der Waals surface area contributed by atoms with E-state index < -0.39 is 17.3 Å². The molecular weight excluding hydrogens is 361 g/mol. The molecule has 2 aromatic carbocycles. The highest BCUT2D eigenvalue weighted by Gasteiger charge is 2.25. The molecule has 6 nitrogen and oxygen atoms in total. The first-order valence-corrected chi connectivity index (χ1v) is 8.55. The van der Waals surface area contributed by atoms with Crippen molar-refractivity contribution in [2.24, 2.45) is 0 Å². The standard InChI is InChI=1S/C21H16FN3O3/c1-13-6-5-7-14(10-13)25-20(26)15-11-24(18-9-4-3-8-17(18)22)12-16(19(15)23-25)21(27)28-2/h3-12H,1-2H3. The number of hydrogen-bond donors (Lipinski definition) is 0. The van der Waals surface area contributed by atoms with Crippen LogP contribution in [0.25, 0.3) is 22.6 Å². The van der Waals surface area contributed by atoms with Crippen molar-refractivity contribution in [2.75, 3.05) is 7.11 Å². The van der Waals surface area contributed by atoms with Crippen LogP contribution in [0.15, 0.2) is 65.7 Å². The average molecular weight is 377 g/mol. The first-order valence-electron chi connectivity index (χ1n) is 8.55. The van der Waals surface area contributed by atoms with E-state index in [4.69, 9.17) is 4.74 Å². The van der Waals surface area contributed by atoms with Gasteiger partial charge in [0.05, 0.1) is 24.0 Å². The van der Waals surface area contributed by atoms with Gasteiger partial charge < -0.3 is 9.30 Å². The third-order valence-electron chi connectivity index (χ3n) is 4.45. The highest BCUT2D eigenvalue weighted by atomic mass is 19.1. The van der Waals surface area contributed by atoms with E-state index >= 15 is 0 Å². The molecule has 0 bridgehead atoms. The van der Waals surface area contributed by atoms with Crippen LogP contribution in [-0.4, -0.2) is 27.4 Å². The quantitative estimate of drug-likeness (QED) is 0.514. The molecule has 0 spiro atoms. The molecule has 2 aliphatic heterocycles. The Morgan fingerprint density at radius 3 is 2.61 bits per heavy atom. The summed E-state index contributed by atoms with van der Waals surface area (Å²) in [5.41, 5.74) is 1.81. The first kappa shape index (κ1) is 17.7. The molecule has 0 unspecified atom stereocenters. The minimum atomic E-state index is -0.662. The van der Waals surface area contributed by atoms with Crippen LogP contribution in [0, 0.1) is 12.7 Å². The third-order valence-corrected chi connectivity index (χ3v) is 4.45. The number of nitrogens with zero attached hydrogens (tertiary/aromatic N) is 3. The Labute approximate surface area is 159 Å². The van der Waals surface area contributed by atoms with Crippen LogP contribution in [0.5, 0.6) is 0 Å². The first-order chi connectivity index (χ1) is 13.5. The number of halogens is 1. The highest BCUT2D eigenvalue weighted by molar-refractivity contribution is 5.96. The van der Waals surface area contributed by atoms with Gasteiger partial charge in [-0.3, -0.25) is 4.79 Å². The molecule has 0 aliphatic carbocycles. The fourth-order valence-corrected chi connectivity index (χ4v) is 3.10. The van der Waals surface area contributed by atoms with Crippen LogP contribution in [0.3, 0.4) is 0 Å². The molecule has 0 radical (unpaired) electrons. The van der Waals surface area contributed by atoms with Crippen LogP contribution in [-0.2, 0) is 4.74 Å². The van der Waals surface area contributed by atoms with Crippen molar-refractivity contribution >= 4 is 5.97 Å². The molecule has 2 heterocycles. The maximum atomic E-state index is 14.3. The van der Waals surface area contributed by atoms with Gasteiger partial charge in [0.2, 0.25) is 0 Å². The van der Waals surface area contributed by atoms with Crippen LogP contribution >= 0.6 is 0 Å². The molecule has 0 saturated carbocycles. The number of aromatic nitrogens is 3. The molecule has 0 N–H and O–H groups in total. The summed E-state index contributed by atoms with van der Waals surface area (Å²) in [6.45, 7) is 1.91. The molecule has 28 heavy (non-hydrogen) atoms. The van der Waals surface area contributed by atoms with Crippen molar-refractivity contribution in [3.05, 3.63) is 88.2 Å². The summed E-state index contributed by atoms with van der Waals surface area (Å²) >= 11 is 0. The lowest BCUT2D eigenvalue weighted by molar-refractivity contribution is 0.0600. The molecule has 0 amide bonds. The Kier molecular flexibility index (Phi) is 4.27. The second kappa shape index (κ2) is 6.77. The number of fused-ring (bicyclic) bond motifs is 1. The molecular formula is C21H16FN3O3. The Morgan fingerprint density at radius 2 is 1.89 bits per heavy atom. The number of carbonyl (C=O) groups excluding carboxylic acids is 1. The number of benzene rings is 2. The Hall–Kier alpha value is -3.74. The summed E-state index contributed by atoms with van der Waals surface area (Å²) in [4.78, 5) is 25.3. The minimum Gasteiger partial charge on any atom is -0.465 e. The van der Waals surface area contributed by atoms with Gasteiger partial charge >= 0.3 is 5.97 Å². The summed E-state index contributed by atoms with van der Waals surface area (Å²) in [6, 6.07) is 13.4. The van der Waals surface area contributed by atoms with E-state index in [1.807, 2.05) is 25.1 Å². The summed E-state index contributed by atoms with van der Waals surface area (Å²) < 4.78 is 21.7. The largest absolute Gasteiger partial charge is 0.465 e. The Bertz CT molecular complexity index is 1230. The Balaban J connectivity index is 2.03. The second-order valence-corrected chi connectivity index (χ2v) is 6.34.